The highest BCUT2D eigenvalue weighted by Gasteiger charge is 2.13. The molecule has 0 saturated heterocycles. The molecule has 1 aromatic carbocycles. The third-order valence-corrected chi connectivity index (χ3v) is 3.54. The van der Waals surface area contributed by atoms with Crippen LogP contribution in [0.1, 0.15) is 38.0 Å². The van der Waals surface area contributed by atoms with Crippen molar-refractivity contribution in [3.8, 4) is 0 Å². The lowest BCUT2D eigenvalue weighted by Gasteiger charge is -2.05. The number of carbonyl (C=O) groups is 3. The number of thiophene rings is 1. The lowest BCUT2D eigenvalue weighted by Crippen LogP contribution is -2.16. The van der Waals surface area contributed by atoms with E-state index in [0.29, 0.717) is 16.1 Å². The molecule has 5 nitrogen and oxygen atoms in total. The number of hydrogen-bond donors (Lipinski definition) is 2. The molecule has 1 heterocycles. The maximum atomic E-state index is 12.0. The van der Waals surface area contributed by atoms with Crippen LogP contribution in [0.3, 0.4) is 0 Å². The minimum atomic E-state index is -0.589. The zero-order chi connectivity index (χ0) is 14.7. The van der Waals surface area contributed by atoms with Crippen LogP contribution in [0.2, 0.25) is 0 Å². The van der Waals surface area contributed by atoms with Crippen LogP contribution in [-0.2, 0) is 0 Å². The fourth-order valence-electron chi connectivity index (χ4n) is 1.63. The SMILES string of the molecule is CC(=O)c1ccc(C(=O)Nc2sccc2C(N)=O)cc1. The summed E-state index contributed by atoms with van der Waals surface area (Å²) in [4.78, 5) is 34.3. The molecule has 0 aliphatic heterocycles. The fourth-order valence-corrected chi connectivity index (χ4v) is 2.42. The van der Waals surface area contributed by atoms with Crippen LogP contribution >= 0.6 is 11.3 Å². The van der Waals surface area contributed by atoms with Crippen LogP contribution in [-0.4, -0.2) is 17.6 Å². The van der Waals surface area contributed by atoms with Crippen molar-refractivity contribution in [3.63, 3.8) is 0 Å². The van der Waals surface area contributed by atoms with Crippen LogP contribution in [0.5, 0.6) is 0 Å². The minimum absolute atomic E-state index is 0.0637. The van der Waals surface area contributed by atoms with Crippen molar-refractivity contribution in [1.82, 2.24) is 0 Å². The van der Waals surface area contributed by atoms with Gasteiger partial charge in [0.15, 0.2) is 5.78 Å². The van der Waals surface area contributed by atoms with Crippen LogP contribution in [0, 0.1) is 0 Å². The lowest BCUT2D eigenvalue weighted by atomic mass is 10.1. The van der Waals surface area contributed by atoms with E-state index in [1.807, 2.05) is 0 Å². The monoisotopic (exact) mass is 288 g/mol. The Morgan fingerprint density at radius 2 is 1.65 bits per heavy atom. The maximum absolute atomic E-state index is 12.0. The summed E-state index contributed by atoms with van der Waals surface area (Å²) in [6, 6.07) is 7.84. The van der Waals surface area contributed by atoms with E-state index in [-0.39, 0.29) is 17.3 Å². The van der Waals surface area contributed by atoms with Gasteiger partial charge in [0.25, 0.3) is 11.8 Å². The normalized spacial score (nSPS) is 10.1. The van der Waals surface area contributed by atoms with Crippen LogP contribution in [0.15, 0.2) is 35.7 Å². The largest absolute Gasteiger partial charge is 0.366 e. The molecule has 2 rings (SSSR count). The number of anilines is 1. The highest BCUT2D eigenvalue weighted by Crippen LogP contribution is 2.23. The molecule has 0 fully saturated rings. The van der Waals surface area contributed by atoms with Crippen LogP contribution < -0.4 is 11.1 Å². The van der Waals surface area contributed by atoms with Crippen LogP contribution in [0.4, 0.5) is 5.00 Å². The molecule has 0 bridgehead atoms. The molecule has 0 atom stereocenters. The standard InChI is InChI=1S/C14H12N2O3S/c1-8(17)9-2-4-10(5-3-9)13(19)16-14-11(12(15)18)6-7-20-14/h2-7H,1H3,(H2,15,18)(H,16,19). The van der Waals surface area contributed by atoms with E-state index in [0.717, 1.165) is 0 Å². The first-order chi connectivity index (χ1) is 9.49. The highest BCUT2D eigenvalue weighted by atomic mass is 32.1. The Bertz CT molecular complexity index is 674. The molecule has 0 aliphatic carbocycles. The average molecular weight is 288 g/mol. The number of amides is 2. The fraction of sp³-hybridized carbons (Fsp3) is 0.0714. The predicted octanol–water partition coefficient (Wildman–Crippen LogP) is 2.30. The number of ketones is 1. The lowest BCUT2D eigenvalue weighted by molar-refractivity contribution is 0.0996. The van der Waals surface area contributed by atoms with E-state index in [1.165, 1.54) is 18.3 Å². The Balaban J connectivity index is 2.17. The Hall–Kier alpha value is -2.47. The Morgan fingerprint density at radius 1 is 1.05 bits per heavy atom. The molecule has 2 amide bonds. The Morgan fingerprint density at radius 3 is 2.20 bits per heavy atom. The van der Waals surface area contributed by atoms with Gasteiger partial charge < -0.3 is 11.1 Å². The smallest absolute Gasteiger partial charge is 0.256 e. The van der Waals surface area contributed by atoms with Gasteiger partial charge in [-0.3, -0.25) is 14.4 Å². The van der Waals surface area contributed by atoms with E-state index in [1.54, 1.807) is 35.7 Å². The third-order valence-electron chi connectivity index (χ3n) is 2.71. The van der Waals surface area contributed by atoms with Gasteiger partial charge in [0.2, 0.25) is 0 Å². The summed E-state index contributed by atoms with van der Waals surface area (Å²) in [5, 5.41) is 4.72. The number of carbonyl (C=O) groups excluding carboxylic acids is 3. The molecular weight excluding hydrogens is 276 g/mol. The molecule has 102 valence electrons. The number of hydrogen-bond acceptors (Lipinski definition) is 4. The van der Waals surface area contributed by atoms with Gasteiger partial charge >= 0.3 is 0 Å². The number of Topliss-reactive ketones (excluding diaryl/α,β-unsaturated/α-hetero) is 1. The quantitative estimate of drug-likeness (QED) is 0.846. The van der Waals surface area contributed by atoms with Gasteiger partial charge in [0.05, 0.1) is 5.56 Å². The van der Waals surface area contributed by atoms with E-state index >= 15 is 0 Å². The Kier molecular flexibility index (Phi) is 3.95. The summed E-state index contributed by atoms with van der Waals surface area (Å²) in [7, 11) is 0. The number of nitrogens with one attached hydrogen (secondary N) is 1. The summed E-state index contributed by atoms with van der Waals surface area (Å²) in [6.45, 7) is 1.46. The van der Waals surface area contributed by atoms with E-state index in [9.17, 15) is 14.4 Å². The van der Waals surface area contributed by atoms with Gasteiger partial charge in [-0.15, -0.1) is 11.3 Å². The second kappa shape index (κ2) is 5.66. The third kappa shape index (κ3) is 2.92. The molecule has 0 aliphatic rings. The van der Waals surface area contributed by atoms with Crippen molar-refractivity contribution < 1.29 is 14.4 Å². The van der Waals surface area contributed by atoms with Crippen molar-refractivity contribution in [2.24, 2.45) is 5.73 Å². The molecule has 0 saturated carbocycles. The van der Waals surface area contributed by atoms with E-state index < -0.39 is 5.91 Å². The minimum Gasteiger partial charge on any atom is -0.366 e. The summed E-state index contributed by atoms with van der Waals surface area (Å²) in [5.74, 6) is -1.01. The molecule has 3 N–H and O–H groups in total. The van der Waals surface area contributed by atoms with Crippen molar-refractivity contribution in [2.75, 3.05) is 5.32 Å². The average Bonchev–Trinajstić information content (AvgIpc) is 2.87. The second-order valence-electron chi connectivity index (χ2n) is 4.12. The number of benzene rings is 1. The summed E-state index contributed by atoms with van der Waals surface area (Å²) in [5.41, 5.74) is 6.43. The van der Waals surface area contributed by atoms with Gasteiger partial charge in [0, 0.05) is 11.1 Å². The molecule has 2 aromatic rings. The summed E-state index contributed by atoms with van der Waals surface area (Å²) >= 11 is 1.22. The van der Waals surface area contributed by atoms with Crippen molar-refractivity contribution >= 4 is 33.9 Å². The van der Waals surface area contributed by atoms with Gasteiger partial charge in [0.1, 0.15) is 5.00 Å². The molecule has 1 aromatic heterocycles. The molecule has 0 spiro atoms. The van der Waals surface area contributed by atoms with Crippen LogP contribution in [0.25, 0.3) is 0 Å². The summed E-state index contributed by atoms with van der Waals surface area (Å²) < 4.78 is 0. The Labute approximate surface area is 119 Å². The van der Waals surface area contributed by atoms with E-state index in [2.05, 4.69) is 5.32 Å². The van der Waals surface area contributed by atoms with Gasteiger partial charge in [-0.2, -0.15) is 0 Å². The predicted molar refractivity (Wildman–Crippen MR) is 77.2 cm³/mol. The molecule has 20 heavy (non-hydrogen) atoms. The van der Waals surface area contributed by atoms with Gasteiger partial charge in [-0.25, -0.2) is 0 Å². The number of primary amides is 1. The van der Waals surface area contributed by atoms with Gasteiger partial charge in [-0.05, 0) is 30.5 Å². The zero-order valence-corrected chi connectivity index (χ0v) is 11.5. The topological polar surface area (TPSA) is 89.3 Å². The zero-order valence-electron chi connectivity index (χ0n) is 10.7. The van der Waals surface area contributed by atoms with Crippen molar-refractivity contribution in [3.05, 3.63) is 52.4 Å². The molecule has 0 radical (unpaired) electrons. The molecular formula is C14H12N2O3S. The van der Waals surface area contributed by atoms with Gasteiger partial charge in [-0.1, -0.05) is 12.1 Å². The first-order valence-electron chi connectivity index (χ1n) is 5.78. The molecule has 6 heteroatoms. The number of rotatable bonds is 4. The maximum Gasteiger partial charge on any atom is 0.256 e. The first kappa shape index (κ1) is 14.0. The first-order valence-corrected chi connectivity index (χ1v) is 6.66. The molecule has 0 unspecified atom stereocenters. The van der Waals surface area contributed by atoms with Crippen molar-refractivity contribution in [2.45, 2.75) is 6.92 Å². The van der Waals surface area contributed by atoms with Crippen molar-refractivity contribution in [1.29, 1.82) is 0 Å². The number of nitrogens with two attached hydrogens (primary N) is 1. The van der Waals surface area contributed by atoms with E-state index in [4.69, 9.17) is 5.73 Å². The summed E-state index contributed by atoms with van der Waals surface area (Å²) in [6.07, 6.45) is 0. The second-order valence-corrected chi connectivity index (χ2v) is 5.03. The highest BCUT2D eigenvalue weighted by molar-refractivity contribution is 7.14.